The highest BCUT2D eigenvalue weighted by atomic mass is 32.1. The number of nitrogens with one attached hydrogen (secondary N) is 2. The largest absolute Gasteiger partial charge is 0.337 e. The topological polar surface area (TPSA) is 70.2 Å². The number of aryl methyl sites for hydroxylation is 1. The van der Waals surface area contributed by atoms with Gasteiger partial charge >= 0.3 is 0 Å². The quantitative estimate of drug-likeness (QED) is 0.702. The third-order valence-corrected chi connectivity index (χ3v) is 5.89. The number of carbonyl (C=O) groups excluding carboxylic acids is 1. The van der Waals surface area contributed by atoms with Gasteiger partial charge in [-0.05, 0) is 38.0 Å². The molecule has 3 heterocycles. The third kappa shape index (κ3) is 3.14. The van der Waals surface area contributed by atoms with E-state index in [1.165, 1.54) is 11.3 Å². The fourth-order valence-corrected chi connectivity index (χ4v) is 4.36. The van der Waals surface area contributed by atoms with Crippen molar-refractivity contribution in [2.24, 2.45) is 0 Å². The Labute approximate surface area is 158 Å². The Bertz CT molecular complexity index is 1040. The minimum atomic E-state index is -3.08. The number of nitrogens with zero attached hydrogens (tertiary/aromatic N) is 2. The first-order valence-corrected chi connectivity index (χ1v) is 9.47. The first-order valence-electron chi connectivity index (χ1n) is 8.66. The normalized spacial score (nSPS) is 19.4. The molecule has 3 aromatic heterocycles. The maximum Gasteiger partial charge on any atom is 0.273 e. The lowest BCUT2D eigenvalue weighted by Crippen LogP contribution is -2.54. The lowest BCUT2D eigenvalue weighted by molar-refractivity contribution is -0.0311. The van der Waals surface area contributed by atoms with E-state index < -0.39 is 17.9 Å². The van der Waals surface area contributed by atoms with Gasteiger partial charge in [0.15, 0.2) is 0 Å². The summed E-state index contributed by atoms with van der Waals surface area (Å²) in [5, 5.41) is 10.2. The van der Waals surface area contributed by atoms with Gasteiger partial charge in [-0.15, -0.1) is 11.3 Å². The number of alkyl halides is 2. The van der Waals surface area contributed by atoms with Crippen molar-refractivity contribution in [2.75, 3.05) is 0 Å². The molecule has 1 aliphatic rings. The number of amides is 1. The molecule has 2 N–H and O–H groups in total. The highest BCUT2D eigenvalue weighted by Gasteiger charge is 2.45. The highest BCUT2D eigenvalue weighted by molar-refractivity contribution is 7.14. The van der Waals surface area contributed by atoms with E-state index >= 15 is 0 Å². The van der Waals surface area contributed by atoms with Crippen LogP contribution in [0.5, 0.6) is 0 Å². The molecule has 1 atom stereocenters. The lowest BCUT2D eigenvalue weighted by atomic mass is 9.89. The van der Waals surface area contributed by atoms with E-state index in [-0.39, 0.29) is 25.0 Å². The Morgan fingerprint density at radius 2 is 2.26 bits per heavy atom. The molecule has 1 aliphatic carbocycles. The van der Waals surface area contributed by atoms with Crippen LogP contribution in [-0.2, 0) is 0 Å². The van der Waals surface area contributed by atoms with Gasteiger partial charge < -0.3 is 10.7 Å². The number of imidazole rings is 1. The number of pyridine rings is 1. The predicted octanol–water partition coefficient (Wildman–Crippen LogP) is 4.31. The summed E-state index contributed by atoms with van der Waals surface area (Å²) in [7, 11) is 0. The fraction of sp³-hybridized carbons (Fsp3) is 0.316. The van der Waals surface area contributed by atoms with E-state index in [0.29, 0.717) is 4.88 Å². The number of aromatic nitrogens is 2. The summed E-state index contributed by atoms with van der Waals surface area (Å²) in [6.07, 6.45) is 3.87. The number of halogens is 2. The van der Waals surface area contributed by atoms with Gasteiger partial charge in [-0.3, -0.25) is 9.20 Å². The van der Waals surface area contributed by atoms with Crippen LogP contribution in [0.2, 0.25) is 0 Å². The molecule has 1 unspecified atom stereocenters. The SMILES string of the molecule is Cc1sc(C(=O)NC2C(=N)CCCC2(F)F)cc1-c1cnc2ccccn12. The van der Waals surface area contributed by atoms with Crippen molar-refractivity contribution >= 4 is 28.6 Å². The zero-order chi connectivity index (χ0) is 19.2. The molecule has 8 heteroatoms. The number of thiophene rings is 1. The van der Waals surface area contributed by atoms with Crippen LogP contribution in [0.15, 0.2) is 36.7 Å². The Morgan fingerprint density at radius 3 is 3.04 bits per heavy atom. The molecule has 4 rings (SSSR count). The maximum atomic E-state index is 14.1. The van der Waals surface area contributed by atoms with Crippen LogP contribution < -0.4 is 5.32 Å². The zero-order valence-corrected chi connectivity index (χ0v) is 15.4. The summed E-state index contributed by atoms with van der Waals surface area (Å²) in [5.41, 5.74) is 2.36. The van der Waals surface area contributed by atoms with Gasteiger partial charge in [0.2, 0.25) is 0 Å². The summed E-state index contributed by atoms with van der Waals surface area (Å²) in [6, 6.07) is 5.85. The van der Waals surface area contributed by atoms with Gasteiger partial charge in [-0.2, -0.15) is 0 Å². The summed E-state index contributed by atoms with van der Waals surface area (Å²) < 4.78 is 30.1. The molecule has 1 fully saturated rings. The van der Waals surface area contributed by atoms with E-state index in [1.807, 2.05) is 35.7 Å². The van der Waals surface area contributed by atoms with Crippen molar-refractivity contribution in [2.45, 2.75) is 38.2 Å². The van der Waals surface area contributed by atoms with Gasteiger partial charge in [-0.1, -0.05) is 6.07 Å². The molecule has 1 amide bonds. The summed E-state index contributed by atoms with van der Waals surface area (Å²) in [4.78, 5) is 18.2. The molecule has 27 heavy (non-hydrogen) atoms. The van der Waals surface area contributed by atoms with E-state index in [2.05, 4.69) is 10.3 Å². The summed E-state index contributed by atoms with van der Waals surface area (Å²) >= 11 is 1.25. The Balaban J connectivity index is 1.63. The maximum absolute atomic E-state index is 14.1. The summed E-state index contributed by atoms with van der Waals surface area (Å²) in [5.74, 6) is -3.65. The van der Waals surface area contributed by atoms with Gasteiger partial charge in [0.25, 0.3) is 11.8 Å². The van der Waals surface area contributed by atoms with Gasteiger partial charge in [0, 0.05) is 28.8 Å². The molecule has 5 nitrogen and oxygen atoms in total. The average Bonchev–Trinajstić information content (AvgIpc) is 3.21. The van der Waals surface area contributed by atoms with Crippen molar-refractivity contribution in [3.63, 3.8) is 0 Å². The molecule has 140 valence electrons. The van der Waals surface area contributed by atoms with Crippen LogP contribution in [0.4, 0.5) is 8.78 Å². The second-order valence-corrected chi connectivity index (χ2v) is 7.96. The number of carbonyl (C=O) groups is 1. The third-order valence-electron chi connectivity index (χ3n) is 4.84. The lowest BCUT2D eigenvalue weighted by Gasteiger charge is -2.32. The predicted molar refractivity (Wildman–Crippen MR) is 101 cm³/mol. The smallest absolute Gasteiger partial charge is 0.273 e. The van der Waals surface area contributed by atoms with E-state index in [4.69, 9.17) is 5.41 Å². The van der Waals surface area contributed by atoms with Crippen LogP contribution in [-0.4, -0.2) is 33.0 Å². The van der Waals surface area contributed by atoms with Crippen molar-refractivity contribution in [1.82, 2.24) is 14.7 Å². The average molecular weight is 388 g/mol. The second kappa shape index (κ2) is 6.53. The Hall–Kier alpha value is -2.61. The number of fused-ring (bicyclic) bond motifs is 1. The second-order valence-electron chi connectivity index (χ2n) is 6.70. The molecule has 0 bridgehead atoms. The molecule has 0 saturated heterocycles. The van der Waals surface area contributed by atoms with E-state index in [9.17, 15) is 13.6 Å². The molecule has 3 aromatic rings. The zero-order valence-electron chi connectivity index (χ0n) is 14.6. The van der Waals surface area contributed by atoms with Crippen LogP contribution >= 0.6 is 11.3 Å². The van der Waals surface area contributed by atoms with E-state index in [1.54, 1.807) is 12.3 Å². The number of hydrogen-bond acceptors (Lipinski definition) is 4. The van der Waals surface area contributed by atoms with Gasteiger partial charge in [0.1, 0.15) is 11.7 Å². The van der Waals surface area contributed by atoms with Gasteiger partial charge in [0.05, 0.1) is 16.8 Å². The van der Waals surface area contributed by atoms with Crippen molar-refractivity contribution in [1.29, 1.82) is 5.41 Å². The number of hydrogen-bond donors (Lipinski definition) is 2. The Kier molecular flexibility index (Phi) is 4.30. The van der Waals surface area contributed by atoms with Gasteiger partial charge in [-0.25, -0.2) is 13.8 Å². The molecular formula is C19H18F2N4OS. The first-order chi connectivity index (χ1) is 12.9. The molecule has 1 saturated carbocycles. The Morgan fingerprint density at radius 1 is 1.44 bits per heavy atom. The highest BCUT2D eigenvalue weighted by Crippen LogP contribution is 2.34. The number of rotatable bonds is 3. The molecule has 0 radical (unpaired) electrons. The standard InChI is InChI=1S/C19H18F2N4OS/c1-11-12(14-10-23-16-6-2-3-8-25(14)16)9-15(27-11)18(26)24-17-13(22)5-4-7-19(17,20)21/h2-3,6,8-10,17,22H,4-5,7H2,1H3,(H,24,26). The molecule has 0 spiro atoms. The van der Waals surface area contributed by atoms with Crippen molar-refractivity contribution in [3.8, 4) is 11.3 Å². The van der Waals surface area contributed by atoms with Crippen LogP contribution in [0.3, 0.4) is 0 Å². The molecular weight excluding hydrogens is 370 g/mol. The van der Waals surface area contributed by atoms with Crippen LogP contribution in [0.25, 0.3) is 16.9 Å². The monoisotopic (exact) mass is 388 g/mol. The minimum absolute atomic E-state index is 0.116. The fourth-order valence-electron chi connectivity index (χ4n) is 3.43. The molecule has 0 aromatic carbocycles. The summed E-state index contributed by atoms with van der Waals surface area (Å²) in [6.45, 7) is 1.89. The van der Waals surface area contributed by atoms with Crippen LogP contribution in [0, 0.1) is 12.3 Å². The van der Waals surface area contributed by atoms with Crippen LogP contribution in [0.1, 0.15) is 33.8 Å². The first kappa shape index (κ1) is 17.8. The van der Waals surface area contributed by atoms with Crippen molar-refractivity contribution in [3.05, 3.63) is 46.4 Å². The molecule has 0 aliphatic heterocycles. The van der Waals surface area contributed by atoms with E-state index in [0.717, 1.165) is 21.8 Å². The van der Waals surface area contributed by atoms with Crippen molar-refractivity contribution < 1.29 is 13.6 Å². The minimum Gasteiger partial charge on any atom is -0.337 e.